The maximum atomic E-state index is 11.9. The molecule has 0 aliphatic rings. The summed E-state index contributed by atoms with van der Waals surface area (Å²) >= 11 is 0. The van der Waals surface area contributed by atoms with E-state index in [1.165, 1.54) is 5.41 Å². The van der Waals surface area contributed by atoms with Gasteiger partial charge in [0, 0.05) is 17.6 Å². The van der Waals surface area contributed by atoms with Crippen LogP contribution in [-0.2, 0) is 16.6 Å². The van der Waals surface area contributed by atoms with Crippen LogP contribution in [0.2, 0.25) is 0 Å². The summed E-state index contributed by atoms with van der Waals surface area (Å²) in [6.45, 7) is 4.68. The van der Waals surface area contributed by atoms with E-state index in [-0.39, 0.29) is 0 Å². The molecule has 0 saturated heterocycles. The van der Waals surface area contributed by atoms with Crippen LogP contribution >= 0.6 is 0 Å². The predicted molar refractivity (Wildman–Crippen MR) is 84.1 cm³/mol. The van der Waals surface area contributed by atoms with Crippen molar-refractivity contribution in [3.8, 4) is 0 Å². The summed E-state index contributed by atoms with van der Waals surface area (Å²) in [6, 6.07) is 11.3. The molecule has 21 heavy (non-hydrogen) atoms. The third-order valence-corrected chi connectivity index (χ3v) is 4.07. The second kappa shape index (κ2) is 6.69. The molecule has 0 spiro atoms. The van der Waals surface area contributed by atoms with Crippen molar-refractivity contribution in [2.45, 2.75) is 20.4 Å². The molecule has 1 aromatic carbocycles. The number of rotatable bonds is 6. The molecule has 6 heteroatoms. The van der Waals surface area contributed by atoms with Crippen molar-refractivity contribution in [1.29, 1.82) is 0 Å². The highest BCUT2D eigenvalue weighted by Gasteiger charge is 2.06. The van der Waals surface area contributed by atoms with Crippen LogP contribution in [0.25, 0.3) is 6.08 Å². The SMILES string of the molecule is Cc1cc(C)n(CCNS(=O)(=O)C=Cc2ccccc2)n1. The van der Waals surface area contributed by atoms with E-state index < -0.39 is 10.0 Å². The van der Waals surface area contributed by atoms with Gasteiger partial charge in [-0.25, -0.2) is 13.1 Å². The van der Waals surface area contributed by atoms with E-state index in [9.17, 15) is 8.42 Å². The van der Waals surface area contributed by atoms with Crippen LogP contribution < -0.4 is 4.72 Å². The van der Waals surface area contributed by atoms with Crippen molar-refractivity contribution in [2.24, 2.45) is 0 Å². The van der Waals surface area contributed by atoms with Crippen LogP contribution in [0.15, 0.2) is 41.8 Å². The van der Waals surface area contributed by atoms with E-state index in [0.717, 1.165) is 17.0 Å². The van der Waals surface area contributed by atoms with Gasteiger partial charge in [-0.2, -0.15) is 5.10 Å². The summed E-state index contributed by atoms with van der Waals surface area (Å²) in [5.74, 6) is 0. The smallest absolute Gasteiger partial charge is 0.233 e. The number of nitrogens with zero attached hydrogens (tertiary/aromatic N) is 2. The van der Waals surface area contributed by atoms with Crippen molar-refractivity contribution in [2.75, 3.05) is 6.54 Å². The lowest BCUT2D eigenvalue weighted by molar-refractivity contribution is 0.560. The minimum absolute atomic E-state index is 0.309. The number of benzene rings is 1. The Balaban J connectivity index is 1.90. The molecule has 0 amide bonds. The van der Waals surface area contributed by atoms with E-state index in [2.05, 4.69) is 9.82 Å². The second-order valence-corrected chi connectivity index (χ2v) is 6.45. The third-order valence-electron chi connectivity index (χ3n) is 2.97. The Bertz CT molecular complexity index is 719. The Morgan fingerprint density at radius 1 is 1.24 bits per heavy atom. The molecule has 5 nitrogen and oxygen atoms in total. The van der Waals surface area contributed by atoms with E-state index in [1.54, 1.807) is 10.8 Å². The monoisotopic (exact) mass is 305 g/mol. The van der Waals surface area contributed by atoms with E-state index >= 15 is 0 Å². The van der Waals surface area contributed by atoms with Gasteiger partial charge in [0.25, 0.3) is 0 Å². The fraction of sp³-hybridized carbons (Fsp3) is 0.267. The average Bonchev–Trinajstić information content (AvgIpc) is 2.76. The Hall–Kier alpha value is -1.92. The summed E-state index contributed by atoms with van der Waals surface area (Å²) < 4.78 is 28.0. The van der Waals surface area contributed by atoms with Crippen LogP contribution in [0.4, 0.5) is 0 Å². The van der Waals surface area contributed by atoms with Gasteiger partial charge in [0.15, 0.2) is 0 Å². The molecular formula is C15H19N3O2S. The first-order chi connectivity index (χ1) is 9.96. The zero-order chi connectivity index (χ0) is 15.3. The Kier molecular flexibility index (Phi) is 4.93. The lowest BCUT2D eigenvalue weighted by atomic mass is 10.2. The van der Waals surface area contributed by atoms with E-state index in [4.69, 9.17) is 0 Å². The molecule has 112 valence electrons. The number of hydrogen-bond acceptors (Lipinski definition) is 3. The normalized spacial score (nSPS) is 12.1. The highest BCUT2D eigenvalue weighted by atomic mass is 32.2. The van der Waals surface area contributed by atoms with Crippen molar-refractivity contribution in [3.63, 3.8) is 0 Å². The lowest BCUT2D eigenvalue weighted by Crippen LogP contribution is -2.26. The van der Waals surface area contributed by atoms with Crippen molar-refractivity contribution < 1.29 is 8.42 Å². The minimum atomic E-state index is -3.43. The van der Waals surface area contributed by atoms with Crippen molar-refractivity contribution >= 4 is 16.1 Å². The van der Waals surface area contributed by atoms with Crippen LogP contribution in [0.3, 0.4) is 0 Å². The molecule has 2 rings (SSSR count). The highest BCUT2D eigenvalue weighted by molar-refractivity contribution is 7.92. The predicted octanol–water partition coefficient (Wildman–Crippen LogP) is 2.09. The molecule has 0 unspecified atom stereocenters. The quantitative estimate of drug-likeness (QED) is 0.889. The van der Waals surface area contributed by atoms with Crippen molar-refractivity contribution in [1.82, 2.24) is 14.5 Å². The fourth-order valence-electron chi connectivity index (χ4n) is 1.98. The Labute approximate surface area is 125 Å². The summed E-state index contributed by atoms with van der Waals surface area (Å²) in [5, 5.41) is 5.47. The standard InChI is InChI=1S/C15H19N3O2S/c1-13-12-14(2)18(17-13)10-9-16-21(19,20)11-8-15-6-4-3-5-7-15/h3-8,11-12,16H,9-10H2,1-2H3. The summed E-state index contributed by atoms with van der Waals surface area (Å²) in [5.41, 5.74) is 2.80. The summed E-state index contributed by atoms with van der Waals surface area (Å²) in [4.78, 5) is 0. The molecule has 0 aliphatic carbocycles. The molecule has 0 aliphatic heterocycles. The van der Waals surface area contributed by atoms with Gasteiger partial charge in [-0.1, -0.05) is 30.3 Å². The molecule has 1 heterocycles. The van der Waals surface area contributed by atoms with Gasteiger partial charge in [0.2, 0.25) is 10.0 Å². The van der Waals surface area contributed by atoms with Gasteiger partial charge in [0.05, 0.1) is 12.2 Å². The van der Waals surface area contributed by atoms with E-state index in [0.29, 0.717) is 13.1 Å². The topological polar surface area (TPSA) is 64.0 Å². The molecule has 0 radical (unpaired) electrons. The second-order valence-electron chi connectivity index (χ2n) is 4.80. The van der Waals surface area contributed by atoms with Crippen LogP contribution in [0, 0.1) is 13.8 Å². The van der Waals surface area contributed by atoms with Gasteiger partial charge < -0.3 is 0 Å². The number of nitrogens with one attached hydrogen (secondary N) is 1. The molecule has 0 bridgehead atoms. The van der Waals surface area contributed by atoms with E-state index in [1.807, 2.05) is 50.2 Å². The van der Waals surface area contributed by atoms with Gasteiger partial charge in [-0.3, -0.25) is 4.68 Å². The number of sulfonamides is 1. The average molecular weight is 305 g/mol. The lowest BCUT2D eigenvalue weighted by Gasteiger charge is -2.05. The van der Waals surface area contributed by atoms with Crippen LogP contribution in [-0.4, -0.2) is 24.7 Å². The van der Waals surface area contributed by atoms with Crippen LogP contribution in [0.5, 0.6) is 0 Å². The highest BCUT2D eigenvalue weighted by Crippen LogP contribution is 2.03. The first-order valence-corrected chi connectivity index (χ1v) is 8.25. The first kappa shape index (κ1) is 15.5. The number of hydrogen-bond donors (Lipinski definition) is 1. The molecule has 1 aromatic heterocycles. The minimum Gasteiger partial charge on any atom is -0.268 e. The van der Waals surface area contributed by atoms with Gasteiger partial charge in [0.1, 0.15) is 0 Å². The largest absolute Gasteiger partial charge is 0.268 e. The maximum Gasteiger partial charge on any atom is 0.233 e. The third kappa shape index (κ3) is 4.84. The molecule has 2 aromatic rings. The summed E-state index contributed by atoms with van der Waals surface area (Å²) in [7, 11) is -3.43. The van der Waals surface area contributed by atoms with Gasteiger partial charge >= 0.3 is 0 Å². The fourth-order valence-corrected chi connectivity index (χ4v) is 2.78. The molecule has 0 fully saturated rings. The Morgan fingerprint density at radius 3 is 2.57 bits per heavy atom. The van der Waals surface area contributed by atoms with Crippen LogP contribution in [0.1, 0.15) is 17.0 Å². The molecule has 0 saturated carbocycles. The van der Waals surface area contributed by atoms with Gasteiger partial charge in [-0.15, -0.1) is 0 Å². The maximum absolute atomic E-state index is 11.9. The zero-order valence-electron chi connectivity index (χ0n) is 12.2. The molecular weight excluding hydrogens is 286 g/mol. The summed E-state index contributed by atoms with van der Waals surface area (Å²) in [6.07, 6.45) is 1.58. The van der Waals surface area contributed by atoms with Gasteiger partial charge in [-0.05, 0) is 31.6 Å². The number of aryl methyl sites for hydroxylation is 2. The molecule has 0 atom stereocenters. The first-order valence-electron chi connectivity index (χ1n) is 6.70. The van der Waals surface area contributed by atoms with Crippen molar-refractivity contribution in [3.05, 3.63) is 58.8 Å². The number of aromatic nitrogens is 2. The molecule has 1 N–H and O–H groups in total. The Morgan fingerprint density at radius 2 is 1.95 bits per heavy atom. The zero-order valence-corrected chi connectivity index (χ0v) is 13.0.